The second-order valence-electron chi connectivity index (χ2n) is 9.77. The first-order valence-electron chi connectivity index (χ1n) is 12.4. The predicted molar refractivity (Wildman–Crippen MR) is 123 cm³/mol. The van der Waals surface area contributed by atoms with Crippen molar-refractivity contribution in [1.29, 1.82) is 0 Å². The summed E-state index contributed by atoms with van der Waals surface area (Å²) in [5, 5.41) is 6.16. The maximum absolute atomic E-state index is 12.2. The lowest BCUT2D eigenvalue weighted by Gasteiger charge is -2.35. The number of fused-ring (bicyclic) bond motifs is 1. The standard InChI is InChI=1S/C24H39N5O2/c1-17(2)7-12-25-24(30)26-19-8-13-29(14-9-19)23-20-10-15-31-16-11-21(20)27-22(28-23)18-5-3-4-6-18/h17-19H,3-16H2,1-2H3,(H2,25,26,30). The Morgan fingerprint density at radius 2 is 1.84 bits per heavy atom. The van der Waals surface area contributed by atoms with Crippen molar-refractivity contribution < 1.29 is 9.53 Å². The van der Waals surface area contributed by atoms with E-state index >= 15 is 0 Å². The van der Waals surface area contributed by atoms with Gasteiger partial charge in [-0.15, -0.1) is 0 Å². The first kappa shape index (κ1) is 22.3. The molecule has 0 aromatic carbocycles. The van der Waals surface area contributed by atoms with Crippen molar-refractivity contribution in [3.8, 4) is 0 Å². The maximum Gasteiger partial charge on any atom is 0.315 e. The van der Waals surface area contributed by atoms with Crippen LogP contribution in [-0.2, 0) is 17.6 Å². The van der Waals surface area contributed by atoms with Crippen molar-refractivity contribution in [2.75, 3.05) is 37.7 Å². The van der Waals surface area contributed by atoms with Gasteiger partial charge in [-0.05, 0) is 38.0 Å². The summed E-state index contributed by atoms with van der Waals surface area (Å²) in [6, 6.07) is 0.198. The molecule has 7 heteroatoms. The molecule has 31 heavy (non-hydrogen) atoms. The van der Waals surface area contributed by atoms with Crippen LogP contribution in [0.5, 0.6) is 0 Å². The molecule has 1 aromatic rings. The summed E-state index contributed by atoms with van der Waals surface area (Å²) < 4.78 is 5.75. The summed E-state index contributed by atoms with van der Waals surface area (Å²) in [4.78, 5) is 24.8. The number of hydrogen-bond donors (Lipinski definition) is 2. The fourth-order valence-electron chi connectivity index (χ4n) is 5.02. The van der Waals surface area contributed by atoms with E-state index in [1.165, 1.54) is 36.9 Å². The Bertz CT molecular complexity index is 740. The third-order valence-electron chi connectivity index (χ3n) is 6.93. The monoisotopic (exact) mass is 429 g/mol. The van der Waals surface area contributed by atoms with Crippen LogP contribution in [0.4, 0.5) is 10.6 Å². The molecular weight excluding hydrogens is 390 g/mol. The highest BCUT2D eigenvalue weighted by molar-refractivity contribution is 5.74. The Hall–Kier alpha value is -1.89. The van der Waals surface area contributed by atoms with Crippen molar-refractivity contribution >= 4 is 11.8 Å². The molecule has 2 N–H and O–H groups in total. The van der Waals surface area contributed by atoms with Gasteiger partial charge in [0.05, 0.1) is 18.9 Å². The van der Waals surface area contributed by atoms with Crippen LogP contribution in [0, 0.1) is 5.92 Å². The molecule has 1 saturated carbocycles. The summed E-state index contributed by atoms with van der Waals surface area (Å²) in [6.45, 7) is 8.44. The average Bonchev–Trinajstić information content (AvgIpc) is 3.19. The van der Waals surface area contributed by atoms with Gasteiger partial charge in [-0.1, -0.05) is 26.7 Å². The molecule has 1 aliphatic carbocycles. The lowest BCUT2D eigenvalue weighted by Crippen LogP contribution is -2.48. The molecule has 0 unspecified atom stereocenters. The molecular formula is C24H39N5O2. The van der Waals surface area contributed by atoms with E-state index in [-0.39, 0.29) is 12.1 Å². The number of carbonyl (C=O) groups excluding carboxylic acids is 1. The van der Waals surface area contributed by atoms with Gasteiger partial charge in [0.15, 0.2) is 0 Å². The highest BCUT2D eigenvalue weighted by atomic mass is 16.5. The lowest BCUT2D eigenvalue weighted by atomic mass is 10.0. The van der Waals surface area contributed by atoms with Crippen LogP contribution in [0.25, 0.3) is 0 Å². The van der Waals surface area contributed by atoms with Gasteiger partial charge < -0.3 is 20.3 Å². The number of hydrogen-bond acceptors (Lipinski definition) is 5. The zero-order chi connectivity index (χ0) is 21.6. The summed E-state index contributed by atoms with van der Waals surface area (Å²) in [5.41, 5.74) is 2.49. The molecule has 3 heterocycles. The number of ether oxygens (including phenoxy) is 1. The van der Waals surface area contributed by atoms with Crippen LogP contribution in [-0.4, -0.2) is 54.9 Å². The topological polar surface area (TPSA) is 79.4 Å². The molecule has 2 amide bonds. The Morgan fingerprint density at radius 1 is 1.10 bits per heavy atom. The number of anilines is 1. The van der Waals surface area contributed by atoms with Crippen molar-refractivity contribution in [2.45, 2.75) is 83.6 Å². The number of rotatable bonds is 6. The van der Waals surface area contributed by atoms with Gasteiger partial charge in [0.2, 0.25) is 0 Å². The van der Waals surface area contributed by atoms with E-state index in [0.29, 0.717) is 11.8 Å². The first-order chi connectivity index (χ1) is 15.1. The van der Waals surface area contributed by atoms with Gasteiger partial charge in [0, 0.05) is 50.0 Å². The van der Waals surface area contributed by atoms with Crippen molar-refractivity contribution in [2.24, 2.45) is 5.92 Å². The van der Waals surface area contributed by atoms with Gasteiger partial charge in [0.25, 0.3) is 0 Å². The molecule has 3 aliphatic rings. The van der Waals surface area contributed by atoms with Crippen molar-refractivity contribution in [3.63, 3.8) is 0 Å². The molecule has 7 nitrogen and oxygen atoms in total. The normalized spacial score (nSPS) is 20.5. The number of piperidine rings is 1. The van der Waals surface area contributed by atoms with E-state index in [9.17, 15) is 4.79 Å². The minimum absolute atomic E-state index is 0.0318. The van der Waals surface area contributed by atoms with Crippen LogP contribution in [0.3, 0.4) is 0 Å². The Morgan fingerprint density at radius 3 is 2.58 bits per heavy atom. The highest BCUT2D eigenvalue weighted by Crippen LogP contribution is 2.35. The van der Waals surface area contributed by atoms with Crippen LogP contribution in [0.15, 0.2) is 0 Å². The molecule has 2 fully saturated rings. The smallest absolute Gasteiger partial charge is 0.315 e. The molecule has 172 valence electrons. The number of nitrogens with zero attached hydrogens (tertiary/aromatic N) is 3. The van der Waals surface area contributed by atoms with Gasteiger partial charge >= 0.3 is 6.03 Å². The molecule has 1 saturated heterocycles. The number of nitrogens with one attached hydrogen (secondary N) is 2. The van der Waals surface area contributed by atoms with Gasteiger partial charge in [-0.25, -0.2) is 14.8 Å². The fraction of sp³-hybridized carbons (Fsp3) is 0.792. The number of carbonyl (C=O) groups is 1. The summed E-state index contributed by atoms with van der Waals surface area (Å²) in [6.07, 6.45) is 9.71. The minimum atomic E-state index is -0.0318. The lowest BCUT2D eigenvalue weighted by molar-refractivity contribution is 0.146. The van der Waals surface area contributed by atoms with E-state index in [0.717, 1.165) is 76.6 Å². The van der Waals surface area contributed by atoms with Crippen molar-refractivity contribution in [3.05, 3.63) is 17.1 Å². The Balaban J connectivity index is 1.40. The fourth-order valence-corrected chi connectivity index (χ4v) is 5.02. The molecule has 1 aromatic heterocycles. The number of aromatic nitrogens is 2. The van der Waals surface area contributed by atoms with Gasteiger partial charge in [-0.3, -0.25) is 0 Å². The molecule has 0 bridgehead atoms. The highest BCUT2D eigenvalue weighted by Gasteiger charge is 2.28. The minimum Gasteiger partial charge on any atom is -0.381 e. The third kappa shape index (κ3) is 5.88. The Labute approximate surface area is 186 Å². The first-order valence-corrected chi connectivity index (χ1v) is 12.4. The molecule has 4 rings (SSSR count). The quantitative estimate of drug-likeness (QED) is 0.723. The molecule has 2 aliphatic heterocycles. The second-order valence-corrected chi connectivity index (χ2v) is 9.77. The molecule has 0 radical (unpaired) electrons. The number of amides is 2. The maximum atomic E-state index is 12.2. The van der Waals surface area contributed by atoms with Crippen LogP contribution < -0.4 is 15.5 Å². The Kier molecular flexibility index (Phi) is 7.64. The summed E-state index contributed by atoms with van der Waals surface area (Å²) in [5.74, 6) is 3.31. The van der Waals surface area contributed by atoms with Gasteiger partial charge in [0.1, 0.15) is 11.6 Å². The van der Waals surface area contributed by atoms with Gasteiger partial charge in [-0.2, -0.15) is 0 Å². The van der Waals surface area contributed by atoms with E-state index < -0.39 is 0 Å². The third-order valence-corrected chi connectivity index (χ3v) is 6.93. The zero-order valence-corrected chi connectivity index (χ0v) is 19.3. The average molecular weight is 430 g/mol. The van der Waals surface area contributed by atoms with E-state index in [1.807, 2.05) is 0 Å². The van der Waals surface area contributed by atoms with E-state index in [4.69, 9.17) is 14.7 Å². The second kappa shape index (κ2) is 10.6. The zero-order valence-electron chi connectivity index (χ0n) is 19.3. The number of urea groups is 1. The molecule has 0 spiro atoms. The van der Waals surface area contributed by atoms with Crippen LogP contribution in [0.1, 0.15) is 81.8 Å². The summed E-state index contributed by atoms with van der Waals surface area (Å²) >= 11 is 0. The van der Waals surface area contributed by atoms with Crippen LogP contribution in [0.2, 0.25) is 0 Å². The van der Waals surface area contributed by atoms with E-state index in [2.05, 4.69) is 29.4 Å². The van der Waals surface area contributed by atoms with E-state index in [1.54, 1.807) is 0 Å². The van der Waals surface area contributed by atoms with Crippen molar-refractivity contribution in [1.82, 2.24) is 20.6 Å². The molecule has 0 atom stereocenters. The SMILES string of the molecule is CC(C)CCNC(=O)NC1CCN(c2nc(C3CCCC3)nc3c2CCOCC3)CC1. The van der Waals surface area contributed by atoms with Crippen LogP contribution >= 0.6 is 0 Å². The largest absolute Gasteiger partial charge is 0.381 e. The summed E-state index contributed by atoms with van der Waals surface area (Å²) in [7, 11) is 0. The predicted octanol–water partition coefficient (Wildman–Crippen LogP) is 3.56.